The molecule has 1 atom stereocenters. The van der Waals surface area contributed by atoms with Crippen molar-refractivity contribution in [2.75, 3.05) is 13.1 Å². The Kier molecular flexibility index (Phi) is 3.81. The van der Waals surface area contributed by atoms with Gasteiger partial charge >= 0.3 is 0 Å². The van der Waals surface area contributed by atoms with E-state index in [1.165, 1.54) is 24.3 Å². The summed E-state index contributed by atoms with van der Waals surface area (Å²) in [6.07, 6.45) is 2.56. The Morgan fingerprint density at radius 2 is 2.50 bits per heavy atom. The molecule has 1 saturated heterocycles. The molecular formula is C10H15ClN2S. The van der Waals surface area contributed by atoms with E-state index < -0.39 is 0 Å². The first-order chi connectivity index (χ1) is 6.84. The zero-order valence-electron chi connectivity index (χ0n) is 8.05. The van der Waals surface area contributed by atoms with Crippen molar-refractivity contribution in [1.29, 1.82) is 0 Å². The van der Waals surface area contributed by atoms with Gasteiger partial charge in [0.15, 0.2) is 0 Å². The van der Waals surface area contributed by atoms with Gasteiger partial charge in [-0.25, -0.2) is 0 Å². The van der Waals surface area contributed by atoms with Gasteiger partial charge in [0.25, 0.3) is 0 Å². The zero-order valence-corrected chi connectivity index (χ0v) is 9.63. The van der Waals surface area contributed by atoms with Crippen molar-refractivity contribution in [3.63, 3.8) is 0 Å². The summed E-state index contributed by atoms with van der Waals surface area (Å²) >= 11 is 7.52. The number of thiophene rings is 1. The predicted octanol–water partition coefficient (Wildman–Crippen LogP) is 2.24. The molecule has 1 aliphatic rings. The molecule has 0 aromatic carbocycles. The van der Waals surface area contributed by atoms with Crippen LogP contribution in [0.4, 0.5) is 0 Å². The first-order valence-electron chi connectivity index (χ1n) is 5.03. The minimum Gasteiger partial charge on any atom is -0.315 e. The Hall–Kier alpha value is -0.0900. The number of hydrogen-bond donors (Lipinski definition) is 2. The summed E-state index contributed by atoms with van der Waals surface area (Å²) in [7, 11) is 0. The largest absolute Gasteiger partial charge is 0.315 e. The highest BCUT2D eigenvalue weighted by Crippen LogP contribution is 2.21. The van der Waals surface area contributed by atoms with E-state index in [1.807, 2.05) is 6.07 Å². The summed E-state index contributed by atoms with van der Waals surface area (Å²) in [4.78, 5) is 1.32. The molecule has 2 heterocycles. The highest BCUT2D eigenvalue weighted by atomic mass is 35.5. The van der Waals surface area contributed by atoms with Crippen LogP contribution in [0.1, 0.15) is 17.7 Å². The second kappa shape index (κ2) is 5.12. The van der Waals surface area contributed by atoms with Gasteiger partial charge in [-0.15, -0.1) is 11.3 Å². The molecule has 14 heavy (non-hydrogen) atoms. The van der Waals surface area contributed by atoms with Crippen molar-refractivity contribution in [2.24, 2.45) is 0 Å². The molecule has 1 aromatic rings. The second-order valence-electron chi connectivity index (χ2n) is 3.63. The van der Waals surface area contributed by atoms with Gasteiger partial charge < -0.3 is 10.6 Å². The lowest BCUT2D eigenvalue weighted by molar-refractivity contribution is 0.390. The van der Waals surface area contributed by atoms with Gasteiger partial charge in [-0.1, -0.05) is 11.6 Å². The molecule has 2 rings (SSSR count). The Morgan fingerprint density at radius 3 is 3.14 bits per heavy atom. The van der Waals surface area contributed by atoms with Gasteiger partial charge in [-0.05, 0) is 31.5 Å². The van der Waals surface area contributed by atoms with Crippen molar-refractivity contribution >= 4 is 22.9 Å². The summed E-state index contributed by atoms with van der Waals surface area (Å²) in [5, 5.41) is 6.93. The minimum absolute atomic E-state index is 0.629. The molecule has 1 aliphatic heterocycles. The first kappa shape index (κ1) is 10.4. The molecule has 2 N–H and O–H groups in total. The third-order valence-corrected chi connectivity index (χ3v) is 3.72. The van der Waals surface area contributed by atoms with Crippen molar-refractivity contribution in [3.05, 3.63) is 21.3 Å². The molecule has 78 valence electrons. The van der Waals surface area contributed by atoms with Gasteiger partial charge in [-0.2, -0.15) is 0 Å². The van der Waals surface area contributed by atoms with Crippen LogP contribution in [0.2, 0.25) is 4.34 Å². The fourth-order valence-electron chi connectivity index (χ4n) is 1.72. The Bertz CT molecular complexity index is 281. The molecule has 2 nitrogen and oxygen atoms in total. The highest BCUT2D eigenvalue weighted by Gasteiger charge is 2.11. The maximum atomic E-state index is 5.86. The van der Waals surface area contributed by atoms with Crippen LogP contribution in [-0.2, 0) is 6.54 Å². The molecule has 0 aliphatic carbocycles. The average molecular weight is 231 g/mol. The quantitative estimate of drug-likeness (QED) is 0.833. The summed E-state index contributed by atoms with van der Waals surface area (Å²) in [5.74, 6) is 0. The molecule has 0 saturated carbocycles. The lowest BCUT2D eigenvalue weighted by Gasteiger charge is -2.23. The molecule has 0 spiro atoms. The normalized spacial score (nSPS) is 22.5. The van der Waals surface area contributed by atoms with E-state index >= 15 is 0 Å². The van der Waals surface area contributed by atoms with Crippen LogP contribution < -0.4 is 10.6 Å². The zero-order chi connectivity index (χ0) is 9.80. The van der Waals surface area contributed by atoms with Crippen LogP contribution in [0.5, 0.6) is 0 Å². The number of nitrogens with one attached hydrogen (secondary N) is 2. The maximum absolute atomic E-state index is 5.86. The van der Waals surface area contributed by atoms with E-state index in [9.17, 15) is 0 Å². The lowest BCUT2D eigenvalue weighted by Crippen LogP contribution is -2.42. The fraction of sp³-hybridized carbons (Fsp3) is 0.600. The highest BCUT2D eigenvalue weighted by molar-refractivity contribution is 7.16. The van der Waals surface area contributed by atoms with Gasteiger partial charge in [0.2, 0.25) is 0 Å². The molecule has 1 fully saturated rings. The molecule has 4 heteroatoms. The summed E-state index contributed by atoms with van der Waals surface area (Å²) in [5.41, 5.74) is 0. The molecule has 1 aromatic heterocycles. The fourth-order valence-corrected chi connectivity index (χ4v) is 2.76. The maximum Gasteiger partial charge on any atom is 0.0931 e. The van der Waals surface area contributed by atoms with Crippen molar-refractivity contribution < 1.29 is 0 Å². The number of piperidine rings is 1. The van der Waals surface area contributed by atoms with E-state index in [2.05, 4.69) is 16.7 Å². The summed E-state index contributed by atoms with van der Waals surface area (Å²) in [6.45, 7) is 3.21. The van der Waals surface area contributed by atoms with Crippen molar-refractivity contribution in [2.45, 2.75) is 25.4 Å². The topological polar surface area (TPSA) is 24.1 Å². The van der Waals surface area contributed by atoms with E-state index in [-0.39, 0.29) is 0 Å². The third kappa shape index (κ3) is 2.95. The van der Waals surface area contributed by atoms with Crippen molar-refractivity contribution in [1.82, 2.24) is 10.6 Å². The Balaban J connectivity index is 1.76. The van der Waals surface area contributed by atoms with Crippen LogP contribution in [0.15, 0.2) is 12.1 Å². The van der Waals surface area contributed by atoms with E-state index in [0.717, 1.165) is 17.4 Å². The van der Waals surface area contributed by atoms with Gasteiger partial charge in [0.05, 0.1) is 4.34 Å². The third-order valence-electron chi connectivity index (χ3n) is 2.49. The predicted molar refractivity (Wildman–Crippen MR) is 62.1 cm³/mol. The Morgan fingerprint density at radius 1 is 1.57 bits per heavy atom. The summed E-state index contributed by atoms with van der Waals surface area (Å²) < 4.78 is 0.878. The number of halogens is 1. The molecular weight excluding hydrogens is 216 g/mol. The van der Waals surface area contributed by atoms with Gasteiger partial charge in [0, 0.05) is 24.0 Å². The monoisotopic (exact) mass is 230 g/mol. The SMILES string of the molecule is Clc1ccc(CNC2CCCNC2)s1. The molecule has 0 radical (unpaired) electrons. The van der Waals surface area contributed by atoms with Crippen LogP contribution >= 0.6 is 22.9 Å². The number of rotatable bonds is 3. The van der Waals surface area contributed by atoms with Crippen LogP contribution in [0, 0.1) is 0 Å². The second-order valence-corrected chi connectivity index (χ2v) is 5.43. The van der Waals surface area contributed by atoms with Crippen LogP contribution in [0.3, 0.4) is 0 Å². The standard InChI is InChI=1S/C10H15ClN2S/c11-10-4-3-9(14-10)7-13-8-2-1-5-12-6-8/h3-4,8,12-13H,1-2,5-7H2. The average Bonchev–Trinajstić information content (AvgIpc) is 2.63. The van der Waals surface area contributed by atoms with Gasteiger partial charge in [-0.3, -0.25) is 0 Å². The number of hydrogen-bond acceptors (Lipinski definition) is 3. The van der Waals surface area contributed by atoms with Crippen LogP contribution in [0.25, 0.3) is 0 Å². The van der Waals surface area contributed by atoms with Gasteiger partial charge in [0.1, 0.15) is 0 Å². The first-order valence-corrected chi connectivity index (χ1v) is 6.22. The van der Waals surface area contributed by atoms with E-state index in [0.29, 0.717) is 6.04 Å². The lowest BCUT2D eigenvalue weighted by atomic mass is 10.1. The van der Waals surface area contributed by atoms with E-state index in [1.54, 1.807) is 11.3 Å². The molecule has 1 unspecified atom stereocenters. The molecule has 0 amide bonds. The Labute approximate surface area is 93.7 Å². The molecule has 0 bridgehead atoms. The van der Waals surface area contributed by atoms with E-state index in [4.69, 9.17) is 11.6 Å². The smallest absolute Gasteiger partial charge is 0.0931 e. The summed E-state index contributed by atoms with van der Waals surface area (Å²) in [6, 6.07) is 4.68. The van der Waals surface area contributed by atoms with Crippen molar-refractivity contribution in [3.8, 4) is 0 Å². The van der Waals surface area contributed by atoms with Crippen LogP contribution in [-0.4, -0.2) is 19.1 Å². The minimum atomic E-state index is 0.629.